The maximum atomic E-state index is 12.2. The molecule has 2 atom stereocenters. The van der Waals surface area contributed by atoms with Crippen LogP contribution in [0.4, 0.5) is 4.79 Å². The first kappa shape index (κ1) is 14.4. The molecule has 20 heavy (non-hydrogen) atoms. The molecule has 0 bridgehead atoms. The van der Waals surface area contributed by atoms with E-state index in [0.717, 1.165) is 0 Å². The third-order valence-corrected chi connectivity index (χ3v) is 3.06. The molecule has 0 saturated carbocycles. The third kappa shape index (κ3) is 2.61. The summed E-state index contributed by atoms with van der Waals surface area (Å²) < 4.78 is 5.33. The summed E-state index contributed by atoms with van der Waals surface area (Å²) in [4.78, 5) is 30.9. The Kier molecular flexibility index (Phi) is 3.45. The largest absolute Gasteiger partial charge is 0.443 e. The fourth-order valence-corrected chi connectivity index (χ4v) is 2.26. The number of nitrogens with zero attached hydrogens (tertiary/aromatic N) is 3. The molecule has 2 N–H and O–H groups in total. The number of nitrogens with two attached hydrogens (primary N) is 1. The van der Waals surface area contributed by atoms with Crippen molar-refractivity contribution < 1.29 is 14.3 Å². The van der Waals surface area contributed by atoms with E-state index in [1.807, 2.05) is 12.2 Å². The van der Waals surface area contributed by atoms with Gasteiger partial charge in [-0.05, 0) is 20.8 Å². The first-order valence-electron chi connectivity index (χ1n) is 6.50. The van der Waals surface area contributed by atoms with E-state index >= 15 is 0 Å². The summed E-state index contributed by atoms with van der Waals surface area (Å²) in [6.07, 6.45) is 2.64. The Morgan fingerprint density at radius 2 is 2.10 bits per heavy atom. The lowest BCUT2D eigenvalue weighted by Crippen LogP contribution is -2.53. The van der Waals surface area contributed by atoms with E-state index in [2.05, 4.69) is 4.99 Å². The smallest absolute Gasteiger partial charge is 0.417 e. The van der Waals surface area contributed by atoms with Gasteiger partial charge in [-0.15, -0.1) is 0 Å². The SMILES string of the molecule is CC(=O)N1CC=CC2C1N=C(N)N2C(=O)OC(C)(C)C. The number of hydrogen-bond acceptors (Lipinski definition) is 5. The fraction of sp³-hybridized carbons (Fsp3) is 0.615. The van der Waals surface area contributed by atoms with Gasteiger partial charge < -0.3 is 15.4 Å². The standard InChI is InChI=1S/C13H20N4O3/c1-8(18)16-7-5-6-9-10(16)15-11(14)17(9)12(19)20-13(2,3)4/h5-6,9-10H,7H2,1-4H3,(H2,14,15). The van der Waals surface area contributed by atoms with Crippen LogP contribution in [0.1, 0.15) is 27.7 Å². The van der Waals surface area contributed by atoms with Crippen LogP contribution in [0.15, 0.2) is 17.1 Å². The molecule has 0 saturated heterocycles. The summed E-state index contributed by atoms with van der Waals surface area (Å²) in [5.74, 6) is -0.0287. The summed E-state index contributed by atoms with van der Waals surface area (Å²) >= 11 is 0. The summed E-state index contributed by atoms with van der Waals surface area (Å²) in [6, 6.07) is -0.400. The average Bonchev–Trinajstić information content (AvgIpc) is 2.61. The van der Waals surface area contributed by atoms with Gasteiger partial charge in [0, 0.05) is 13.5 Å². The van der Waals surface area contributed by atoms with Crippen LogP contribution in [0.25, 0.3) is 0 Å². The lowest BCUT2D eigenvalue weighted by molar-refractivity contribution is -0.131. The van der Waals surface area contributed by atoms with Gasteiger partial charge in [0.2, 0.25) is 11.9 Å². The van der Waals surface area contributed by atoms with Crippen LogP contribution in [-0.4, -0.2) is 52.1 Å². The number of carbonyl (C=O) groups is 2. The Balaban J connectivity index is 2.23. The lowest BCUT2D eigenvalue weighted by atomic mass is 10.1. The average molecular weight is 280 g/mol. The number of carbonyl (C=O) groups excluding carboxylic acids is 2. The van der Waals surface area contributed by atoms with Crippen molar-refractivity contribution in [2.75, 3.05) is 6.54 Å². The molecule has 0 aliphatic carbocycles. The van der Waals surface area contributed by atoms with Gasteiger partial charge in [-0.1, -0.05) is 12.2 Å². The molecule has 2 heterocycles. The van der Waals surface area contributed by atoms with E-state index in [-0.39, 0.29) is 11.9 Å². The van der Waals surface area contributed by atoms with Gasteiger partial charge in [0.15, 0.2) is 6.17 Å². The molecule has 2 rings (SSSR count). The van der Waals surface area contributed by atoms with Gasteiger partial charge in [-0.2, -0.15) is 0 Å². The van der Waals surface area contributed by atoms with E-state index in [4.69, 9.17) is 10.5 Å². The summed E-state index contributed by atoms with van der Waals surface area (Å²) in [5, 5.41) is 0. The Hall–Kier alpha value is -2.05. The van der Waals surface area contributed by atoms with Gasteiger partial charge in [0.1, 0.15) is 11.6 Å². The number of hydrogen-bond donors (Lipinski definition) is 1. The van der Waals surface area contributed by atoms with Gasteiger partial charge in [0.05, 0.1) is 0 Å². The van der Waals surface area contributed by atoms with Crippen LogP contribution < -0.4 is 5.73 Å². The number of rotatable bonds is 0. The van der Waals surface area contributed by atoms with Crippen LogP contribution in [0.2, 0.25) is 0 Å². The molecule has 2 unspecified atom stereocenters. The fourth-order valence-electron chi connectivity index (χ4n) is 2.26. The first-order chi connectivity index (χ1) is 9.20. The number of fused-ring (bicyclic) bond motifs is 1. The first-order valence-corrected chi connectivity index (χ1v) is 6.50. The molecule has 7 nitrogen and oxygen atoms in total. The zero-order valence-electron chi connectivity index (χ0n) is 12.2. The van der Waals surface area contributed by atoms with Gasteiger partial charge >= 0.3 is 6.09 Å². The molecular formula is C13H20N4O3. The Morgan fingerprint density at radius 3 is 2.65 bits per heavy atom. The molecule has 0 fully saturated rings. The molecule has 0 radical (unpaired) electrons. The van der Waals surface area contributed by atoms with Crippen molar-refractivity contribution >= 4 is 18.0 Å². The maximum Gasteiger partial charge on any atom is 0.417 e. The molecule has 0 spiro atoms. The highest BCUT2D eigenvalue weighted by atomic mass is 16.6. The van der Waals surface area contributed by atoms with Crippen molar-refractivity contribution in [1.82, 2.24) is 9.80 Å². The van der Waals surface area contributed by atoms with E-state index in [0.29, 0.717) is 6.54 Å². The molecule has 2 aliphatic heterocycles. The van der Waals surface area contributed by atoms with E-state index in [1.165, 1.54) is 11.8 Å². The predicted octanol–water partition coefficient (Wildman–Crippen LogP) is 0.665. The predicted molar refractivity (Wildman–Crippen MR) is 73.8 cm³/mol. The molecule has 0 aromatic rings. The second-order valence-corrected chi connectivity index (χ2v) is 5.84. The van der Waals surface area contributed by atoms with Crippen LogP contribution in [0, 0.1) is 0 Å². The molecule has 0 aromatic heterocycles. The monoisotopic (exact) mass is 280 g/mol. The number of guanidine groups is 1. The summed E-state index contributed by atoms with van der Waals surface area (Å²) in [6.45, 7) is 7.28. The van der Waals surface area contributed by atoms with Crippen LogP contribution in [0.5, 0.6) is 0 Å². The zero-order chi connectivity index (χ0) is 15.1. The maximum absolute atomic E-state index is 12.2. The zero-order valence-corrected chi connectivity index (χ0v) is 12.2. The lowest BCUT2D eigenvalue weighted by Gasteiger charge is -2.34. The second-order valence-electron chi connectivity index (χ2n) is 5.84. The van der Waals surface area contributed by atoms with Crippen molar-refractivity contribution in [3.05, 3.63) is 12.2 Å². The second kappa shape index (κ2) is 4.81. The molecule has 2 amide bonds. The minimum absolute atomic E-state index is 0.0760. The molecule has 110 valence electrons. The van der Waals surface area contributed by atoms with Gasteiger partial charge in [-0.3, -0.25) is 4.79 Å². The van der Waals surface area contributed by atoms with Crippen LogP contribution in [-0.2, 0) is 9.53 Å². The number of ether oxygens (including phenoxy) is 1. The molecular weight excluding hydrogens is 260 g/mol. The highest BCUT2D eigenvalue weighted by Gasteiger charge is 2.44. The van der Waals surface area contributed by atoms with Crippen molar-refractivity contribution in [1.29, 1.82) is 0 Å². The Labute approximate surface area is 118 Å². The number of aliphatic imine (C=N–C) groups is 1. The molecule has 0 aromatic carbocycles. The van der Waals surface area contributed by atoms with Crippen molar-refractivity contribution in [2.24, 2.45) is 10.7 Å². The normalized spacial score (nSPS) is 25.3. The summed E-state index contributed by atoms with van der Waals surface area (Å²) in [7, 11) is 0. The topological polar surface area (TPSA) is 88.2 Å². The van der Waals surface area contributed by atoms with Crippen LogP contribution >= 0.6 is 0 Å². The molecule has 2 aliphatic rings. The van der Waals surface area contributed by atoms with E-state index < -0.39 is 23.9 Å². The number of amides is 2. The highest BCUT2D eigenvalue weighted by Crippen LogP contribution is 2.26. The highest BCUT2D eigenvalue weighted by molar-refractivity contribution is 5.96. The Morgan fingerprint density at radius 1 is 1.45 bits per heavy atom. The molecule has 7 heteroatoms. The van der Waals surface area contributed by atoms with E-state index in [1.54, 1.807) is 25.7 Å². The quantitative estimate of drug-likeness (QED) is 0.660. The third-order valence-electron chi connectivity index (χ3n) is 3.06. The van der Waals surface area contributed by atoms with E-state index in [9.17, 15) is 9.59 Å². The van der Waals surface area contributed by atoms with Crippen LogP contribution in [0.3, 0.4) is 0 Å². The van der Waals surface area contributed by atoms with Gasteiger partial charge in [-0.25, -0.2) is 14.7 Å². The van der Waals surface area contributed by atoms with Gasteiger partial charge in [0.25, 0.3) is 0 Å². The van der Waals surface area contributed by atoms with Crippen molar-refractivity contribution in [3.8, 4) is 0 Å². The van der Waals surface area contributed by atoms with Crippen molar-refractivity contribution in [2.45, 2.75) is 45.5 Å². The van der Waals surface area contributed by atoms with Crippen molar-refractivity contribution in [3.63, 3.8) is 0 Å². The Bertz CT molecular complexity index is 492. The summed E-state index contributed by atoms with van der Waals surface area (Å²) in [5.41, 5.74) is 5.21. The minimum Gasteiger partial charge on any atom is -0.443 e. The minimum atomic E-state index is -0.617.